The standard InChI is InChI=1S/C12H15F3O3S/c1-8(2)19(17,18)10-6-4-9(5-7-10)11(3,16)12(13,14)15/h4-8,16H,1-3H3. The maximum absolute atomic E-state index is 12.6. The minimum atomic E-state index is -4.83. The quantitative estimate of drug-likeness (QED) is 0.933. The number of hydrogen-bond acceptors (Lipinski definition) is 3. The van der Waals surface area contributed by atoms with Crippen LogP contribution < -0.4 is 0 Å². The number of benzene rings is 1. The first-order valence-corrected chi connectivity index (χ1v) is 7.09. The Kier molecular flexibility index (Phi) is 4.03. The van der Waals surface area contributed by atoms with Gasteiger partial charge in [0.05, 0.1) is 10.1 Å². The number of rotatable bonds is 3. The highest BCUT2D eigenvalue weighted by molar-refractivity contribution is 7.92. The summed E-state index contributed by atoms with van der Waals surface area (Å²) in [7, 11) is -3.54. The molecule has 0 heterocycles. The van der Waals surface area contributed by atoms with Gasteiger partial charge in [0, 0.05) is 0 Å². The van der Waals surface area contributed by atoms with E-state index >= 15 is 0 Å². The molecule has 0 aliphatic carbocycles. The molecular weight excluding hydrogens is 281 g/mol. The molecule has 0 fully saturated rings. The lowest BCUT2D eigenvalue weighted by atomic mass is 9.96. The summed E-state index contributed by atoms with van der Waals surface area (Å²) in [5.41, 5.74) is -3.41. The van der Waals surface area contributed by atoms with Crippen LogP contribution >= 0.6 is 0 Å². The van der Waals surface area contributed by atoms with Crippen molar-refractivity contribution in [3.8, 4) is 0 Å². The van der Waals surface area contributed by atoms with E-state index in [9.17, 15) is 26.7 Å². The van der Waals surface area contributed by atoms with Crippen molar-refractivity contribution in [2.45, 2.75) is 42.7 Å². The zero-order chi connectivity index (χ0) is 15.1. The highest BCUT2D eigenvalue weighted by atomic mass is 32.2. The average Bonchev–Trinajstić information content (AvgIpc) is 2.27. The zero-order valence-corrected chi connectivity index (χ0v) is 11.5. The van der Waals surface area contributed by atoms with Gasteiger partial charge < -0.3 is 5.11 Å². The fourth-order valence-corrected chi connectivity index (χ4v) is 2.46. The van der Waals surface area contributed by atoms with Crippen molar-refractivity contribution in [1.29, 1.82) is 0 Å². The van der Waals surface area contributed by atoms with E-state index in [0.717, 1.165) is 24.3 Å². The van der Waals surface area contributed by atoms with Gasteiger partial charge in [0.25, 0.3) is 0 Å². The summed E-state index contributed by atoms with van der Waals surface area (Å²) in [6.45, 7) is 3.59. The smallest absolute Gasteiger partial charge is 0.376 e. The molecule has 1 N–H and O–H groups in total. The minimum absolute atomic E-state index is 0.0655. The molecule has 0 aliphatic heterocycles. The summed E-state index contributed by atoms with van der Waals surface area (Å²) >= 11 is 0. The van der Waals surface area contributed by atoms with Crippen molar-refractivity contribution in [2.24, 2.45) is 0 Å². The van der Waals surface area contributed by atoms with Crippen molar-refractivity contribution < 1.29 is 26.7 Å². The molecular formula is C12H15F3O3S. The molecule has 1 atom stereocenters. The van der Waals surface area contributed by atoms with Crippen LogP contribution in [0, 0.1) is 0 Å². The van der Waals surface area contributed by atoms with Crippen LogP contribution in [0.3, 0.4) is 0 Å². The van der Waals surface area contributed by atoms with E-state index in [0.29, 0.717) is 6.92 Å². The largest absolute Gasteiger partial charge is 0.421 e. The van der Waals surface area contributed by atoms with Gasteiger partial charge in [-0.25, -0.2) is 8.42 Å². The van der Waals surface area contributed by atoms with Crippen molar-refractivity contribution >= 4 is 9.84 Å². The second-order valence-electron chi connectivity index (χ2n) is 4.69. The summed E-state index contributed by atoms with van der Waals surface area (Å²) in [5.74, 6) is 0. The molecule has 0 amide bonds. The Morgan fingerprint density at radius 1 is 1.11 bits per heavy atom. The number of sulfone groups is 1. The molecule has 19 heavy (non-hydrogen) atoms. The summed E-state index contributed by atoms with van der Waals surface area (Å²) < 4.78 is 61.5. The minimum Gasteiger partial charge on any atom is -0.376 e. The molecule has 1 unspecified atom stereocenters. The van der Waals surface area contributed by atoms with Crippen LogP contribution in [-0.4, -0.2) is 25.0 Å². The van der Waals surface area contributed by atoms with Gasteiger partial charge in [0.15, 0.2) is 15.4 Å². The molecule has 0 saturated heterocycles. The molecule has 0 radical (unpaired) electrons. The number of hydrogen-bond donors (Lipinski definition) is 1. The normalized spacial score (nSPS) is 16.4. The Morgan fingerprint density at radius 2 is 1.53 bits per heavy atom. The maximum atomic E-state index is 12.6. The lowest BCUT2D eigenvalue weighted by Crippen LogP contribution is -2.39. The highest BCUT2D eigenvalue weighted by Crippen LogP contribution is 2.38. The Labute approximate surface area is 110 Å². The van der Waals surface area contributed by atoms with E-state index in [4.69, 9.17) is 0 Å². The van der Waals surface area contributed by atoms with E-state index in [1.54, 1.807) is 0 Å². The van der Waals surface area contributed by atoms with Gasteiger partial charge in [-0.05, 0) is 38.5 Å². The Bertz CT molecular complexity index is 543. The molecule has 0 spiro atoms. The molecule has 0 saturated carbocycles. The Hall–Kier alpha value is -1.08. The Balaban J connectivity index is 3.22. The highest BCUT2D eigenvalue weighted by Gasteiger charge is 2.51. The molecule has 108 valence electrons. The summed E-state index contributed by atoms with van der Waals surface area (Å²) in [6.07, 6.45) is -4.83. The van der Waals surface area contributed by atoms with Gasteiger partial charge in [-0.1, -0.05) is 12.1 Å². The van der Waals surface area contributed by atoms with E-state index in [1.807, 2.05) is 0 Å². The van der Waals surface area contributed by atoms with E-state index in [2.05, 4.69) is 0 Å². The van der Waals surface area contributed by atoms with E-state index in [1.165, 1.54) is 13.8 Å². The van der Waals surface area contributed by atoms with Crippen LogP contribution in [0.15, 0.2) is 29.2 Å². The Morgan fingerprint density at radius 3 is 1.84 bits per heavy atom. The van der Waals surface area contributed by atoms with Crippen LogP contribution in [0.4, 0.5) is 13.2 Å². The van der Waals surface area contributed by atoms with Crippen LogP contribution in [0.1, 0.15) is 26.3 Å². The molecule has 7 heteroatoms. The van der Waals surface area contributed by atoms with Gasteiger partial charge in [0.2, 0.25) is 0 Å². The third-order valence-electron chi connectivity index (χ3n) is 2.92. The SMILES string of the molecule is CC(C)S(=O)(=O)c1ccc(C(C)(O)C(F)(F)F)cc1. The third-order valence-corrected chi connectivity index (χ3v) is 5.09. The summed E-state index contributed by atoms with van der Waals surface area (Å²) in [4.78, 5) is -0.0655. The van der Waals surface area contributed by atoms with Gasteiger partial charge in [0.1, 0.15) is 0 Å². The monoisotopic (exact) mass is 296 g/mol. The predicted molar refractivity (Wildman–Crippen MR) is 64.4 cm³/mol. The average molecular weight is 296 g/mol. The van der Waals surface area contributed by atoms with Gasteiger partial charge in [-0.3, -0.25) is 0 Å². The van der Waals surface area contributed by atoms with Crippen LogP contribution in [0.2, 0.25) is 0 Å². The maximum Gasteiger partial charge on any atom is 0.421 e. The molecule has 0 aliphatic rings. The summed E-state index contributed by atoms with van der Waals surface area (Å²) in [5, 5.41) is 8.79. The first kappa shape index (κ1) is 16.0. The van der Waals surface area contributed by atoms with Crippen molar-refractivity contribution in [3.05, 3.63) is 29.8 Å². The van der Waals surface area contributed by atoms with Gasteiger partial charge >= 0.3 is 6.18 Å². The predicted octanol–water partition coefficient (Wildman–Crippen LogP) is 2.64. The van der Waals surface area contributed by atoms with Crippen molar-refractivity contribution in [2.75, 3.05) is 0 Å². The summed E-state index contributed by atoms with van der Waals surface area (Å²) in [6, 6.07) is 4.10. The second-order valence-corrected chi connectivity index (χ2v) is 7.19. The molecule has 1 aromatic carbocycles. The molecule has 0 aromatic heterocycles. The van der Waals surface area contributed by atoms with Crippen LogP contribution in [-0.2, 0) is 15.4 Å². The number of aliphatic hydroxyl groups is 1. The van der Waals surface area contributed by atoms with Gasteiger partial charge in [-0.2, -0.15) is 13.2 Å². The zero-order valence-electron chi connectivity index (χ0n) is 10.7. The number of alkyl halides is 3. The first-order chi connectivity index (χ1) is 8.40. The molecule has 1 rings (SSSR count). The molecule has 1 aromatic rings. The molecule has 0 bridgehead atoms. The fourth-order valence-electron chi connectivity index (χ4n) is 1.40. The van der Waals surface area contributed by atoms with E-state index in [-0.39, 0.29) is 4.90 Å². The van der Waals surface area contributed by atoms with Crippen molar-refractivity contribution in [1.82, 2.24) is 0 Å². The van der Waals surface area contributed by atoms with Crippen molar-refractivity contribution in [3.63, 3.8) is 0 Å². The second kappa shape index (κ2) is 4.79. The van der Waals surface area contributed by atoms with Crippen LogP contribution in [0.25, 0.3) is 0 Å². The van der Waals surface area contributed by atoms with Crippen LogP contribution in [0.5, 0.6) is 0 Å². The molecule has 3 nitrogen and oxygen atoms in total. The van der Waals surface area contributed by atoms with Gasteiger partial charge in [-0.15, -0.1) is 0 Å². The first-order valence-electron chi connectivity index (χ1n) is 5.54. The fraction of sp³-hybridized carbons (Fsp3) is 0.500. The third kappa shape index (κ3) is 2.92. The topological polar surface area (TPSA) is 54.4 Å². The lowest BCUT2D eigenvalue weighted by Gasteiger charge is -2.26. The van der Waals surface area contributed by atoms with E-state index < -0.39 is 32.4 Å². The number of halogens is 3. The lowest BCUT2D eigenvalue weighted by molar-refractivity contribution is -0.258.